The van der Waals surface area contributed by atoms with Crippen LogP contribution in [0.1, 0.15) is 44.4 Å². The van der Waals surface area contributed by atoms with E-state index in [1.165, 1.54) is 16.7 Å². The highest BCUT2D eigenvalue weighted by molar-refractivity contribution is 8.67. The molecule has 0 bridgehead atoms. The predicted molar refractivity (Wildman–Crippen MR) is 143 cm³/mol. The maximum absolute atomic E-state index is 6.59. The highest BCUT2D eigenvalue weighted by atomic mass is 32.9. The first-order chi connectivity index (χ1) is 15.3. The van der Waals surface area contributed by atoms with E-state index in [0.29, 0.717) is 11.8 Å². The van der Waals surface area contributed by atoms with Gasteiger partial charge in [-0.05, 0) is 76.7 Å². The first-order valence-electron chi connectivity index (χ1n) is 11.2. The lowest BCUT2D eigenvalue weighted by Gasteiger charge is -2.26. The van der Waals surface area contributed by atoms with E-state index in [0.717, 1.165) is 30.1 Å². The number of rotatable bonds is 11. The Morgan fingerprint density at radius 3 is 1.59 bits per heavy atom. The van der Waals surface area contributed by atoms with Crippen molar-refractivity contribution in [2.75, 3.05) is 0 Å². The largest absolute Gasteiger partial charge is 0.428 e. The van der Waals surface area contributed by atoms with Crippen molar-refractivity contribution in [2.24, 2.45) is 11.8 Å². The second-order valence-corrected chi connectivity index (χ2v) is 15.0. The van der Waals surface area contributed by atoms with Gasteiger partial charge in [-0.25, -0.2) is 0 Å². The quantitative estimate of drug-likeness (QED) is 0.253. The second kappa shape index (κ2) is 11.9. The van der Waals surface area contributed by atoms with Gasteiger partial charge in [0.25, 0.3) is 0 Å². The molecule has 0 saturated heterocycles. The van der Waals surface area contributed by atoms with E-state index in [9.17, 15) is 0 Å². The molecule has 0 spiro atoms. The topological polar surface area (TPSA) is 18.5 Å². The summed E-state index contributed by atoms with van der Waals surface area (Å²) in [5.41, 5.74) is 0.847. The highest BCUT2D eigenvalue weighted by Gasteiger charge is 2.26. The third kappa shape index (κ3) is 7.69. The van der Waals surface area contributed by atoms with E-state index in [1.807, 2.05) is 30.3 Å². The maximum Gasteiger partial charge on any atom is 0.348 e. The molecule has 3 rings (SSSR count). The van der Waals surface area contributed by atoms with Crippen LogP contribution in [0.15, 0.2) is 78.9 Å². The molecule has 2 nitrogen and oxygen atoms in total. The summed E-state index contributed by atoms with van der Waals surface area (Å²) in [5.74, 6) is 3.49. The molecule has 170 valence electrons. The molecule has 0 unspecified atom stereocenters. The standard InChI is InChI=1S/C27H33O2PS2/c1-21(2)18-24-14-8-10-16-26(24)28-30(31,32-20-23-12-6-5-7-13-23)29-27-17-11-9-15-25(27)19-22(3)4/h5-17,21-22H,18-20H2,1-4H3. The van der Waals surface area contributed by atoms with E-state index in [-0.39, 0.29) is 0 Å². The van der Waals surface area contributed by atoms with Crippen molar-refractivity contribution in [3.8, 4) is 11.5 Å². The van der Waals surface area contributed by atoms with Crippen molar-refractivity contribution < 1.29 is 9.05 Å². The van der Waals surface area contributed by atoms with Crippen LogP contribution in [-0.2, 0) is 30.4 Å². The van der Waals surface area contributed by atoms with Crippen LogP contribution in [0.25, 0.3) is 0 Å². The van der Waals surface area contributed by atoms with Crippen molar-refractivity contribution in [1.82, 2.24) is 0 Å². The number of para-hydroxylation sites is 2. The Kier molecular flexibility index (Phi) is 9.28. The van der Waals surface area contributed by atoms with Crippen LogP contribution in [0, 0.1) is 11.8 Å². The molecule has 0 aromatic heterocycles. The second-order valence-electron chi connectivity index (χ2n) is 8.80. The van der Waals surface area contributed by atoms with E-state index in [4.69, 9.17) is 20.9 Å². The van der Waals surface area contributed by atoms with Crippen molar-refractivity contribution >= 4 is 28.9 Å². The van der Waals surface area contributed by atoms with Gasteiger partial charge in [0.2, 0.25) is 0 Å². The zero-order valence-electron chi connectivity index (χ0n) is 19.4. The van der Waals surface area contributed by atoms with Crippen molar-refractivity contribution in [3.63, 3.8) is 0 Å². The smallest absolute Gasteiger partial charge is 0.348 e. The molecule has 0 heterocycles. The SMILES string of the molecule is CC(C)Cc1ccccc1OP(=S)(Oc1ccccc1CC(C)C)SCc1ccccc1. The predicted octanol–water partition coefficient (Wildman–Crippen LogP) is 8.70. The van der Waals surface area contributed by atoms with E-state index in [1.54, 1.807) is 11.4 Å². The summed E-state index contributed by atoms with van der Waals surface area (Å²) in [6.07, 6.45) is 1.89. The van der Waals surface area contributed by atoms with Gasteiger partial charge in [-0.15, -0.1) is 0 Å². The Bertz CT molecular complexity index is 975. The van der Waals surface area contributed by atoms with Gasteiger partial charge >= 0.3 is 5.69 Å². The molecule has 0 atom stereocenters. The summed E-state index contributed by atoms with van der Waals surface area (Å²) < 4.78 is 13.2. The Morgan fingerprint density at radius 1 is 0.688 bits per heavy atom. The fourth-order valence-corrected chi connectivity index (χ4v) is 7.60. The van der Waals surface area contributed by atoms with Gasteiger partial charge in [-0.2, -0.15) is 0 Å². The molecule has 5 heteroatoms. The molecular formula is C27H33O2PS2. The van der Waals surface area contributed by atoms with E-state index < -0.39 is 5.69 Å². The summed E-state index contributed by atoms with van der Waals surface area (Å²) in [6, 6.07) is 26.8. The maximum atomic E-state index is 6.59. The minimum Gasteiger partial charge on any atom is -0.428 e. The molecule has 0 aliphatic carbocycles. The van der Waals surface area contributed by atoms with Crippen LogP contribution in [0.4, 0.5) is 0 Å². The third-order valence-electron chi connectivity index (χ3n) is 4.85. The average molecular weight is 485 g/mol. The lowest BCUT2D eigenvalue weighted by atomic mass is 10.0. The first-order valence-corrected chi connectivity index (χ1v) is 15.4. The van der Waals surface area contributed by atoms with E-state index >= 15 is 0 Å². The van der Waals surface area contributed by atoms with Crippen LogP contribution in [0.2, 0.25) is 0 Å². The Morgan fingerprint density at radius 2 is 1.12 bits per heavy atom. The summed E-state index contributed by atoms with van der Waals surface area (Å²) >= 11 is 7.74. The van der Waals surface area contributed by atoms with Gasteiger partial charge in [-0.1, -0.05) is 94.4 Å². The van der Waals surface area contributed by atoms with Crippen LogP contribution < -0.4 is 9.05 Å². The van der Waals surface area contributed by atoms with Crippen molar-refractivity contribution in [3.05, 3.63) is 95.6 Å². The van der Waals surface area contributed by atoms with Crippen LogP contribution in [0.3, 0.4) is 0 Å². The molecule has 3 aromatic carbocycles. The van der Waals surface area contributed by atoms with Gasteiger partial charge < -0.3 is 9.05 Å². The zero-order valence-corrected chi connectivity index (χ0v) is 21.9. The monoisotopic (exact) mass is 484 g/mol. The summed E-state index contributed by atoms with van der Waals surface area (Å²) in [5, 5.41) is 0. The minimum atomic E-state index is -2.72. The summed E-state index contributed by atoms with van der Waals surface area (Å²) in [7, 11) is 0. The van der Waals surface area contributed by atoms with Gasteiger partial charge in [0, 0.05) is 5.75 Å². The van der Waals surface area contributed by atoms with Gasteiger partial charge in [0.15, 0.2) is 0 Å². The highest BCUT2D eigenvalue weighted by Crippen LogP contribution is 2.61. The van der Waals surface area contributed by atoms with Crippen LogP contribution in [-0.4, -0.2) is 0 Å². The normalized spacial score (nSPS) is 11.7. The molecular weight excluding hydrogens is 451 g/mol. The molecule has 0 aliphatic rings. The summed E-state index contributed by atoms with van der Waals surface area (Å²) in [4.78, 5) is 0. The molecule has 0 aliphatic heterocycles. The van der Waals surface area contributed by atoms with Gasteiger partial charge in [0.05, 0.1) is 0 Å². The fourth-order valence-electron chi connectivity index (χ4n) is 3.44. The molecule has 0 amide bonds. The van der Waals surface area contributed by atoms with Crippen molar-refractivity contribution in [1.29, 1.82) is 0 Å². The first kappa shape index (κ1) is 24.9. The molecule has 0 N–H and O–H groups in total. The Balaban J connectivity index is 1.91. The van der Waals surface area contributed by atoms with E-state index in [2.05, 4.69) is 76.2 Å². The fraction of sp³-hybridized carbons (Fsp3) is 0.333. The minimum absolute atomic E-state index is 0.530. The van der Waals surface area contributed by atoms with Gasteiger partial charge in [0.1, 0.15) is 11.5 Å². The molecule has 0 saturated carbocycles. The van der Waals surface area contributed by atoms with Crippen molar-refractivity contribution in [2.45, 2.75) is 46.3 Å². The molecule has 3 aromatic rings. The summed E-state index contributed by atoms with van der Waals surface area (Å²) in [6.45, 7) is 8.87. The molecule has 0 fully saturated rings. The number of hydrogen-bond acceptors (Lipinski definition) is 4. The number of benzene rings is 3. The third-order valence-corrected chi connectivity index (χ3v) is 9.65. The zero-order chi connectivity index (χ0) is 23.0. The molecule has 0 radical (unpaired) electrons. The molecule has 32 heavy (non-hydrogen) atoms. The van der Waals surface area contributed by atoms with Crippen LogP contribution >= 0.6 is 17.1 Å². The Hall–Kier alpha value is -1.74. The Labute approximate surface area is 202 Å². The van der Waals surface area contributed by atoms with Gasteiger partial charge in [-0.3, -0.25) is 0 Å². The van der Waals surface area contributed by atoms with Crippen LogP contribution in [0.5, 0.6) is 11.5 Å². The lowest BCUT2D eigenvalue weighted by Crippen LogP contribution is -2.04. The average Bonchev–Trinajstić information content (AvgIpc) is 2.75. The number of hydrogen-bond donors (Lipinski definition) is 0. The lowest BCUT2D eigenvalue weighted by molar-refractivity contribution is 0.491.